The highest BCUT2D eigenvalue weighted by molar-refractivity contribution is 6.03. The fraction of sp³-hybridized carbons (Fsp3) is 0.389. The Bertz CT molecular complexity index is 1570. The van der Waals surface area contributed by atoms with Gasteiger partial charge in [0.25, 0.3) is 5.91 Å². The second-order valence-electron chi connectivity index (χ2n) is 12.2. The molecule has 9 heteroatoms. The third kappa shape index (κ3) is 7.09. The van der Waals surface area contributed by atoms with Gasteiger partial charge in [0.2, 0.25) is 11.7 Å². The first-order valence-electron chi connectivity index (χ1n) is 15.7. The molecule has 0 spiro atoms. The first kappa shape index (κ1) is 30.9. The summed E-state index contributed by atoms with van der Waals surface area (Å²) in [6.07, 6.45) is 4.49. The normalized spacial score (nSPS) is 19.4. The minimum absolute atomic E-state index is 0.0149. The highest BCUT2D eigenvalue weighted by atomic mass is 19.2. The number of halogens is 3. The molecule has 2 atom stereocenters. The summed E-state index contributed by atoms with van der Waals surface area (Å²) in [5.41, 5.74) is 4.95. The summed E-state index contributed by atoms with van der Waals surface area (Å²) in [5.74, 6) is -4.05. The zero-order chi connectivity index (χ0) is 31.5. The Labute approximate surface area is 261 Å². The van der Waals surface area contributed by atoms with Crippen LogP contribution in [0.25, 0.3) is 5.57 Å². The summed E-state index contributed by atoms with van der Waals surface area (Å²) in [6.45, 7) is 3.31. The summed E-state index contributed by atoms with van der Waals surface area (Å²) in [5, 5.41) is 3.64. The summed E-state index contributed by atoms with van der Waals surface area (Å²) in [7, 11) is 0. The van der Waals surface area contributed by atoms with Crippen LogP contribution in [0.5, 0.6) is 5.75 Å². The molecule has 6 nitrogen and oxygen atoms in total. The minimum atomic E-state index is -1.32. The first-order chi connectivity index (χ1) is 21.8. The number of nitrogens with one attached hydrogen (secondary N) is 1. The SMILES string of the molecule is CC(=O)N1CC2CC(c3ccc(CCCOc4c(F)ccc(F)c4F)cc3)=C(C(=O)N(CCc3ccccc3)C3CC3)[C@@H](C1)N2. The Kier molecular flexibility index (Phi) is 9.26. The Morgan fingerprint density at radius 1 is 0.911 bits per heavy atom. The largest absolute Gasteiger partial charge is 0.488 e. The molecule has 0 aromatic heterocycles. The van der Waals surface area contributed by atoms with Crippen LogP contribution in [0.1, 0.15) is 49.3 Å². The first-order valence-corrected chi connectivity index (χ1v) is 15.7. The second-order valence-corrected chi connectivity index (χ2v) is 12.2. The van der Waals surface area contributed by atoms with Crippen molar-refractivity contribution in [2.24, 2.45) is 0 Å². The number of hydrogen-bond acceptors (Lipinski definition) is 4. The Hall–Kier alpha value is -4.11. The van der Waals surface area contributed by atoms with Crippen molar-refractivity contribution in [3.05, 3.63) is 106 Å². The summed E-state index contributed by atoms with van der Waals surface area (Å²) >= 11 is 0. The van der Waals surface area contributed by atoms with Crippen molar-refractivity contribution in [1.82, 2.24) is 15.1 Å². The van der Waals surface area contributed by atoms with Crippen LogP contribution in [0, 0.1) is 17.5 Å². The molecule has 45 heavy (non-hydrogen) atoms. The van der Waals surface area contributed by atoms with Crippen LogP contribution in [0.2, 0.25) is 0 Å². The van der Waals surface area contributed by atoms with E-state index in [1.165, 1.54) is 5.56 Å². The van der Waals surface area contributed by atoms with Crippen molar-refractivity contribution in [2.75, 3.05) is 26.2 Å². The maximum Gasteiger partial charge on any atom is 0.252 e. The van der Waals surface area contributed by atoms with Gasteiger partial charge in [0.15, 0.2) is 17.4 Å². The number of nitrogens with zero attached hydrogens (tertiary/aromatic N) is 2. The monoisotopic (exact) mass is 617 g/mol. The summed E-state index contributed by atoms with van der Waals surface area (Å²) < 4.78 is 46.4. The van der Waals surface area contributed by atoms with Crippen LogP contribution in [0.15, 0.2) is 72.3 Å². The van der Waals surface area contributed by atoms with Crippen LogP contribution < -0.4 is 10.1 Å². The Balaban J connectivity index is 1.20. The van der Waals surface area contributed by atoms with Crippen LogP contribution in [0.4, 0.5) is 13.2 Å². The molecule has 236 valence electrons. The van der Waals surface area contributed by atoms with E-state index in [1.54, 1.807) is 6.92 Å². The van der Waals surface area contributed by atoms with Gasteiger partial charge in [0.05, 0.1) is 12.6 Å². The van der Waals surface area contributed by atoms with Crippen molar-refractivity contribution >= 4 is 17.4 Å². The second kappa shape index (κ2) is 13.5. The van der Waals surface area contributed by atoms with Gasteiger partial charge in [0, 0.05) is 44.2 Å². The van der Waals surface area contributed by atoms with Crippen LogP contribution >= 0.6 is 0 Å². The van der Waals surface area contributed by atoms with Gasteiger partial charge in [-0.1, -0.05) is 54.6 Å². The molecule has 3 aromatic carbocycles. The van der Waals surface area contributed by atoms with E-state index >= 15 is 0 Å². The third-order valence-electron chi connectivity index (χ3n) is 8.97. The molecule has 1 N–H and O–H groups in total. The van der Waals surface area contributed by atoms with E-state index in [2.05, 4.69) is 17.4 Å². The van der Waals surface area contributed by atoms with E-state index < -0.39 is 23.2 Å². The molecule has 3 aliphatic rings. The smallest absolute Gasteiger partial charge is 0.252 e. The average molecular weight is 618 g/mol. The predicted molar refractivity (Wildman–Crippen MR) is 166 cm³/mol. The van der Waals surface area contributed by atoms with Crippen molar-refractivity contribution in [1.29, 1.82) is 0 Å². The predicted octanol–water partition coefficient (Wildman–Crippen LogP) is 5.70. The van der Waals surface area contributed by atoms with Crippen LogP contribution in [-0.4, -0.2) is 66.0 Å². The van der Waals surface area contributed by atoms with E-state index in [9.17, 15) is 22.8 Å². The number of carbonyl (C=O) groups is 2. The number of ether oxygens (including phenoxy) is 1. The highest BCUT2D eigenvalue weighted by Gasteiger charge is 2.42. The van der Waals surface area contributed by atoms with Crippen molar-refractivity contribution in [2.45, 2.75) is 63.6 Å². The molecule has 6 rings (SSSR count). The van der Waals surface area contributed by atoms with E-state index in [0.29, 0.717) is 38.9 Å². The average Bonchev–Trinajstić information content (AvgIpc) is 3.88. The number of aryl methyl sites for hydroxylation is 1. The highest BCUT2D eigenvalue weighted by Crippen LogP contribution is 2.37. The summed E-state index contributed by atoms with van der Waals surface area (Å²) in [6, 6.07) is 19.9. The molecule has 2 fully saturated rings. The van der Waals surface area contributed by atoms with Gasteiger partial charge < -0.3 is 19.9 Å². The third-order valence-corrected chi connectivity index (χ3v) is 8.97. The number of benzene rings is 3. The van der Waals surface area contributed by atoms with Crippen molar-refractivity contribution < 1.29 is 27.5 Å². The van der Waals surface area contributed by atoms with Gasteiger partial charge in [-0.2, -0.15) is 4.39 Å². The fourth-order valence-corrected chi connectivity index (χ4v) is 6.47. The zero-order valence-electron chi connectivity index (χ0n) is 25.4. The quantitative estimate of drug-likeness (QED) is 0.222. The van der Waals surface area contributed by atoms with Crippen molar-refractivity contribution in [3.8, 4) is 5.75 Å². The standard InChI is InChI=1S/C36H38F3N3O3/c1-23(43)41-21-27-20-29(26-11-9-25(10-12-26)8-5-19-45-35-31(38)16-15-30(37)34(35)39)33(32(22-41)40-27)36(44)42(28-13-14-28)18-17-24-6-3-2-4-7-24/h2-4,6-7,9-12,15-16,27-28,32,40H,5,8,13-14,17-22H2,1H3/t27?,32-/m1/s1. The molecular weight excluding hydrogens is 579 g/mol. The van der Waals surface area contributed by atoms with Crippen molar-refractivity contribution in [3.63, 3.8) is 0 Å². The Morgan fingerprint density at radius 3 is 2.33 bits per heavy atom. The van der Waals surface area contributed by atoms with Gasteiger partial charge >= 0.3 is 0 Å². The van der Waals surface area contributed by atoms with Crippen LogP contribution in [-0.2, 0) is 22.4 Å². The van der Waals surface area contributed by atoms with E-state index in [0.717, 1.165) is 53.7 Å². The van der Waals surface area contributed by atoms with Crippen LogP contribution in [0.3, 0.4) is 0 Å². The van der Waals surface area contributed by atoms with E-state index in [1.807, 2.05) is 52.3 Å². The van der Waals surface area contributed by atoms with E-state index in [4.69, 9.17) is 4.74 Å². The fourth-order valence-electron chi connectivity index (χ4n) is 6.47. The number of hydrogen-bond donors (Lipinski definition) is 1. The topological polar surface area (TPSA) is 61.9 Å². The number of amides is 2. The molecule has 1 saturated heterocycles. The molecular formula is C36H38F3N3O3. The van der Waals surface area contributed by atoms with Gasteiger partial charge in [-0.3, -0.25) is 9.59 Å². The number of rotatable bonds is 11. The summed E-state index contributed by atoms with van der Waals surface area (Å²) in [4.78, 5) is 30.7. The maximum absolute atomic E-state index is 14.4. The Morgan fingerprint density at radius 2 is 1.62 bits per heavy atom. The van der Waals surface area contributed by atoms with Gasteiger partial charge in [-0.15, -0.1) is 0 Å². The molecule has 1 unspecified atom stereocenters. The number of carbonyl (C=O) groups excluding carboxylic acids is 2. The lowest BCUT2D eigenvalue weighted by Gasteiger charge is -2.44. The molecule has 2 amide bonds. The lowest BCUT2D eigenvalue weighted by Crippen LogP contribution is -2.62. The van der Waals surface area contributed by atoms with Gasteiger partial charge in [-0.25, -0.2) is 8.78 Å². The molecule has 1 saturated carbocycles. The molecule has 2 heterocycles. The zero-order valence-corrected chi connectivity index (χ0v) is 25.4. The lowest BCUT2D eigenvalue weighted by atomic mass is 9.82. The molecule has 2 bridgehead atoms. The number of piperazine rings is 1. The maximum atomic E-state index is 14.4. The molecule has 0 radical (unpaired) electrons. The number of fused-ring (bicyclic) bond motifs is 2. The minimum Gasteiger partial charge on any atom is -0.488 e. The van der Waals surface area contributed by atoms with Gasteiger partial charge in [0.1, 0.15) is 0 Å². The molecule has 1 aliphatic carbocycles. The molecule has 2 aliphatic heterocycles. The van der Waals surface area contributed by atoms with Gasteiger partial charge in [-0.05, 0) is 72.9 Å². The van der Waals surface area contributed by atoms with E-state index in [-0.39, 0.29) is 36.5 Å². The molecule has 3 aromatic rings. The lowest BCUT2D eigenvalue weighted by molar-refractivity contribution is -0.132.